The van der Waals surface area contributed by atoms with E-state index >= 15 is 0 Å². The van der Waals surface area contributed by atoms with Gasteiger partial charge in [0.05, 0.1) is 12.1 Å². The van der Waals surface area contributed by atoms with Crippen molar-refractivity contribution in [1.82, 2.24) is 5.48 Å². The number of hydroxylamine groups is 1. The van der Waals surface area contributed by atoms with Crippen LogP contribution in [0.3, 0.4) is 0 Å². The number of carbonyl (C=O) groups is 1. The molecule has 160 valence electrons. The van der Waals surface area contributed by atoms with Crippen molar-refractivity contribution in [2.24, 2.45) is 0 Å². The Morgan fingerprint density at radius 3 is 2.48 bits per heavy atom. The van der Waals surface area contributed by atoms with E-state index in [1.807, 2.05) is 61.5 Å². The second-order valence-corrected chi connectivity index (χ2v) is 7.24. The Bertz CT molecular complexity index is 1050. The molecule has 31 heavy (non-hydrogen) atoms. The van der Waals surface area contributed by atoms with Crippen molar-refractivity contribution in [2.75, 3.05) is 13.2 Å². The Hall–Kier alpha value is -3.28. The largest absolute Gasteiger partial charge is 0.491 e. The van der Waals surface area contributed by atoms with Crippen LogP contribution in [0, 0.1) is 0 Å². The number of nitrogens with one attached hydrogen (secondary N) is 1. The van der Waals surface area contributed by atoms with Crippen LogP contribution in [0.15, 0.2) is 78.9 Å². The predicted molar refractivity (Wildman–Crippen MR) is 123 cm³/mol. The highest BCUT2D eigenvalue weighted by molar-refractivity contribution is 6.30. The van der Waals surface area contributed by atoms with Gasteiger partial charge in [0.25, 0.3) is 0 Å². The van der Waals surface area contributed by atoms with Crippen LogP contribution in [0.4, 0.5) is 0 Å². The Balaban J connectivity index is 1.48. The average molecular weight is 438 g/mol. The van der Waals surface area contributed by atoms with Gasteiger partial charge in [0.1, 0.15) is 19.0 Å². The molecule has 3 aromatic rings. The van der Waals surface area contributed by atoms with Crippen molar-refractivity contribution in [3.05, 3.63) is 95.0 Å². The highest BCUT2D eigenvalue weighted by Crippen LogP contribution is 2.24. The molecule has 0 fully saturated rings. The molecule has 0 unspecified atom stereocenters. The lowest BCUT2D eigenvalue weighted by atomic mass is 10.0. The molecular weight excluding hydrogens is 414 g/mol. The first-order valence-corrected chi connectivity index (χ1v) is 10.3. The first-order chi connectivity index (χ1) is 15.0. The summed E-state index contributed by atoms with van der Waals surface area (Å²) in [5.41, 5.74) is 7.65. The molecule has 0 atom stereocenters. The minimum absolute atomic E-state index is 0.0317. The summed E-state index contributed by atoms with van der Waals surface area (Å²) in [6.45, 7) is 2.58. The van der Waals surface area contributed by atoms with Gasteiger partial charge in [0.2, 0.25) is 0 Å². The van der Waals surface area contributed by atoms with Gasteiger partial charge in [-0.2, -0.15) is 0 Å². The van der Waals surface area contributed by atoms with Crippen LogP contribution in [-0.2, 0) is 16.1 Å². The van der Waals surface area contributed by atoms with Crippen LogP contribution < -0.4 is 10.2 Å². The number of aliphatic carboxylic acids is 1. The molecule has 0 saturated carbocycles. The Morgan fingerprint density at radius 1 is 1.00 bits per heavy atom. The Kier molecular flexibility index (Phi) is 8.10. The fourth-order valence-electron chi connectivity index (χ4n) is 3.04. The zero-order valence-corrected chi connectivity index (χ0v) is 17.9. The van der Waals surface area contributed by atoms with E-state index in [1.54, 1.807) is 24.3 Å². The molecule has 3 aromatic carbocycles. The molecule has 6 heteroatoms. The van der Waals surface area contributed by atoms with Crippen LogP contribution in [0.5, 0.6) is 5.75 Å². The summed E-state index contributed by atoms with van der Waals surface area (Å²) >= 11 is 6.08. The molecule has 0 bridgehead atoms. The highest BCUT2D eigenvalue weighted by Gasteiger charge is 2.04. The molecule has 0 spiro atoms. The van der Waals surface area contributed by atoms with Crippen molar-refractivity contribution in [1.29, 1.82) is 0 Å². The molecule has 0 aliphatic rings. The number of hydrogen-bond acceptors (Lipinski definition) is 4. The number of allylic oxidation sites excluding steroid dienone is 1. The summed E-state index contributed by atoms with van der Waals surface area (Å²) in [4.78, 5) is 16.3. The second kappa shape index (κ2) is 11.2. The molecule has 0 amide bonds. The van der Waals surface area contributed by atoms with Crippen LogP contribution in [-0.4, -0.2) is 24.3 Å². The van der Waals surface area contributed by atoms with Crippen LogP contribution in [0.1, 0.15) is 18.1 Å². The van der Waals surface area contributed by atoms with Gasteiger partial charge in [-0.15, -0.1) is 0 Å². The van der Waals surface area contributed by atoms with Gasteiger partial charge in [-0.3, -0.25) is 15.1 Å². The van der Waals surface area contributed by atoms with E-state index < -0.39 is 5.97 Å². The topological polar surface area (TPSA) is 67.8 Å². The summed E-state index contributed by atoms with van der Waals surface area (Å²) in [5.74, 6) is -0.255. The summed E-state index contributed by atoms with van der Waals surface area (Å²) in [6, 6.07) is 22.9. The van der Waals surface area contributed by atoms with E-state index in [2.05, 4.69) is 5.48 Å². The van der Waals surface area contributed by atoms with Crippen LogP contribution in [0.2, 0.25) is 5.02 Å². The first kappa shape index (κ1) is 22.4. The maximum absolute atomic E-state index is 10.8. The van der Waals surface area contributed by atoms with Gasteiger partial charge < -0.3 is 9.84 Å². The van der Waals surface area contributed by atoms with E-state index in [4.69, 9.17) is 26.3 Å². The number of carboxylic acid groups (broad SMARTS) is 1. The second-order valence-electron chi connectivity index (χ2n) is 6.81. The molecule has 2 N–H and O–H groups in total. The van der Waals surface area contributed by atoms with Gasteiger partial charge in [0.15, 0.2) is 0 Å². The van der Waals surface area contributed by atoms with E-state index in [-0.39, 0.29) is 6.42 Å². The number of hydrogen-bond donors (Lipinski definition) is 2. The quantitative estimate of drug-likeness (QED) is 0.319. The Morgan fingerprint density at radius 2 is 1.77 bits per heavy atom. The van der Waals surface area contributed by atoms with Gasteiger partial charge in [0, 0.05) is 5.02 Å². The van der Waals surface area contributed by atoms with Crippen molar-refractivity contribution in [3.8, 4) is 16.9 Å². The third-order valence-corrected chi connectivity index (χ3v) is 4.77. The first-order valence-electron chi connectivity index (χ1n) is 9.89. The summed E-state index contributed by atoms with van der Waals surface area (Å²) in [5, 5.41) is 9.59. The van der Waals surface area contributed by atoms with Crippen LogP contribution in [0.25, 0.3) is 16.8 Å². The maximum Gasteiger partial charge on any atom is 0.307 e. The zero-order valence-electron chi connectivity index (χ0n) is 17.2. The van der Waals surface area contributed by atoms with Gasteiger partial charge in [-0.1, -0.05) is 66.2 Å². The summed E-state index contributed by atoms with van der Waals surface area (Å²) in [7, 11) is 0. The fourth-order valence-corrected chi connectivity index (χ4v) is 3.23. The summed E-state index contributed by atoms with van der Waals surface area (Å²) in [6.07, 6.45) is 1.90. The van der Waals surface area contributed by atoms with Crippen LogP contribution >= 0.6 is 11.6 Å². The Labute approximate surface area is 186 Å². The lowest BCUT2D eigenvalue weighted by Crippen LogP contribution is -2.17. The number of benzene rings is 3. The lowest BCUT2D eigenvalue weighted by molar-refractivity contribution is -0.136. The van der Waals surface area contributed by atoms with Crippen molar-refractivity contribution in [3.63, 3.8) is 0 Å². The SMILES string of the molecule is CC=C(NOCCOc1cccc(CC(=O)O)c1)c1ccc(-c2cccc(Cl)c2)cc1. The minimum atomic E-state index is -0.871. The van der Waals surface area contributed by atoms with Gasteiger partial charge in [-0.05, 0) is 53.4 Å². The normalized spacial score (nSPS) is 11.2. The lowest BCUT2D eigenvalue weighted by Gasteiger charge is -2.13. The molecule has 0 aliphatic carbocycles. The molecule has 5 nitrogen and oxygen atoms in total. The molecular formula is C25H24ClNO4. The fraction of sp³-hybridized carbons (Fsp3) is 0.160. The third-order valence-electron chi connectivity index (χ3n) is 4.53. The number of carboxylic acids is 1. The van der Waals surface area contributed by atoms with E-state index in [0.717, 1.165) is 22.4 Å². The number of ether oxygens (including phenoxy) is 1. The smallest absolute Gasteiger partial charge is 0.307 e. The van der Waals surface area contributed by atoms with Crippen molar-refractivity contribution >= 4 is 23.3 Å². The number of halogens is 1. The summed E-state index contributed by atoms with van der Waals surface area (Å²) < 4.78 is 5.64. The van der Waals surface area contributed by atoms with Crippen molar-refractivity contribution in [2.45, 2.75) is 13.3 Å². The van der Waals surface area contributed by atoms with Crippen molar-refractivity contribution < 1.29 is 19.5 Å². The molecule has 0 radical (unpaired) electrons. The van der Waals surface area contributed by atoms with E-state index in [0.29, 0.717) is 29.5 Å². The van der Waals surface area contributed by atoms with Gasteiger partial charge >= 0.3 is 5.97 Å². The molecule has 3 rings (SSSR count). The zero-order chi connectivity index (χ0) is 22.1. The molecule has 0 aliphatic heterocycles. The van der Waals surface area contributed by atoms with E-state index in [9.17, 15) is 4.79 Å². The molecule has 0 saturated heterocycles. The third kappa shape index (κ3) is 6.88. The van der Waals surface area contributed by atoms with Gasteiger partial charge in [-0.25, -0.2) is 0 Å². The van der Waals surface area contributed by atoms with E-state index in [1.165, 1.54) is 0 Å². The highest BCUT2D eigenvalue weighted by atomic mass is 35.5. The monoisotopic (exact) mass is 437 g/mol. The maximum atomic E-state index is 10.8. The standard InChI is InChI=1S/C25H24ClNO4/c1-2-24(20-11-9-19(10-12-20)21-6-4-7-22(26)17-21)27-31-14-13-30-23-8-3-5-18(15-23)16-25(28)29/h2-12,15,17,27H,13-14,16H2,1H3,(H,28,29). The minimum Gasteiger partial charge on any atom is -0.491 e. The average Bonchev–Trinajstić information content (AvgIpc) is 2.76. The molecule has 0 aromatic heterocycles. The predicted octanol–water partition coefficient (Wildman–Crippen LogP) is 5.60. The number of rotatable bonds is 10. The molecule has 0 heterocycles.